The summed E-state index contributed by atoms with van der Waals surface area (Å²) in [7, 11) is 16.6. The predicted molar refractivity (Wildman–Crippen MR) is 523 cm³/mol. The first-order valence-electron chi connectivity index (χ1n) is 42.1. The number of nitrogens with two attached hydrogens (primary N) is 2. The number of nitrogen functional groups attached to an aromatic ring is 2. The van der Waals surface area contributed by atoms with Gasteiger partial charge in [0.1, 0.15) is 0 Å². The quantitative estimate of drug-likeness (QED) is 0.0601. The van der Waals surface area contributed by atoms with Crippen LogP contribution in [0.25, 0.3) is 90.1 Å². The van der Waals surface area contributed by atoms with Gasteiger partial charge in [0.15, 0.2) is 23.3 Å². The van der Waals surface area contributed by atoms with Gasteiger partial charge in [0.05, 0.1) is 176 Å². The zero-order chi connectivity index (χ0) is 95.0. The van der Waals surface area contributed by atoms with Gasteiger partial charge < -0.3 is 64.3 Å². The van der Waals surface area contributed by atoms with Gasteiger partial charge in [-0.05, 0) is 121 Å². The third-order valence-corrected chi connectivity index (χ3v) is 19.8. The molecule has 0 atom stereocenters. The molecule has 0 radical (unpaired) electrons. The van der Waals surface area contributed by atoms with Crippen molar-refractivity contribution in [3.63, 3.8) is 0 Å². The van der Waals surface area contributed by atoms with Crippen LogP contribution in [0.3, 0.4) is 0 Å². The molecule has 132 heavy (non-hydrogen) atoms. The van der Waals surface area contributed by atoms with Crippen molar-refractivity contribution in [2.45, 2.75) is 76.2 Å². The highest BCUT2D eigenvalue weighted by molar-refractivity contribution is 5.71. The molecule has 0 saturated heterocycles. The van der Waals surface area contributed by atoms with E-state index in [2.05, 4.69) is 150 Å². The first-order valence-corrected chi connectivity index (χ1v) is 42.1. The maximum absolute atomic E-state index is 5.69. The molecule has 0 aliphatic rings. The van der Waals surface area contributed by atoms with Crippen LogP contribution in [0.15, 0.2) is 256 Å². The Morgan fingerprint density at radius 1 is 0.265 bits per heavy atom. The van der Waals surface area contributed by atoms with Gasteiger partial charge in [-0.2, -0.15) is 0 Å². The molecule has 16 aromatic rings. The van der Waals surface area contributed by atoms with Gasteiger partial charge in [-0.25, -0.2) is 64.8 Å². The fraction of sp³-hybridized carbons (Fsp3) is 0.223. The van der Waals surface area contributed by atoms with Crippen LogP contribution in [-0.4, -0.2) is 164 Å². The molecule has 0 aliphatic heterocycles. The Kier molecular flexibility index (Phi) is 38.4. The molecule has 5 N–H and O–H groups in total. The minimum absolute atomic E-state index is 0.305. The van der Waals surface area contributed by atoms with Gasteiger partial charge >= 0.3 is 0 Å². The summed E-state index contributed by atoms with van der Waals surface area (Å²) in [4.78, 5) is 70.6. The number of rotatable bonds is 21. The number of anilines is 4. The normalized spacial score (nSPS) is 10.1. The summed E-state index contributed by atoms with van der Waals surface area (Å²) in [5, 5.41) is 2.94. The maximum Gasteiger partial charge on any atom is 0.278 e. The van der Waals surface area contributed by atoms with E-state index < -0.39 is 0 Å². The van der Waals surface area contributed by atoms with Crippen LogP contribution >= 0.6 is 0 Å². The maximum atomic E-state index is 5.69. The first-order chi connectivity index (χ1) is 63.9. The number of ether oxygens (including phenoxy) is 9. The van der Waals surface area contributed by atoms with Gasteiger partial charge in [0.25, 0.3) is 35.3 Å². The fourth-order valence-electron chi connectivity index (χ4n) is 12.8. The molecule has 0 bridgehead atoms. The lowest BCUT2D eigenvalue weighted by Gasteiger charge is -2.15. The summed E-state index contributed by atoms with van der Waals surface area (Å²) in [6.45, 7) is 23.2. The van der Waals surface area contributed by atoms with Crippen molar-refractivity contribution < 1.29 is 42.6 Å². The highest BCUT2D eigenvalue weighted by Gasteiger charge is 2.18. The smallest absolute Gasteiger partial charge is 0.278 e. The second kappa shape index (κ2) is 51.0. The van der Waals surface area contributed by atoms with Crippen LogP contribution in [0, 0.1) is 62.3 Å². The van der Waals surface area contributed by atoms with Crippen molar-refractivity contribution in [1.29, 1.82) is 0 Å². The molecular formula is C103H114N20O9. The average Bonchev–Trinajstić information content (AvgIpc) is 0.850. The third-order valence-electron chi connectivity index (χ3n) is 19.8. The van der Waals surface area contributed by atoms with Crippen LogP contribution in [-0.2, 0) is 0 Å². The van der Waals surface area contributed by atoms with E-state index in [-0.39, 0.29) is 0 Å². The molecule has 0 unspecified atom stereocenters. The molecule has 0 spiro atoms. The predicted octanol–water partition coefficient (Wildman–Crippen LogP) is 20.1. The zero-order valence-electron chi connectivity index (χ0n) is 78.6. The highest BCUT2D eigenvalue weighted by atomic mass is 16.5. The number of nitrogens with zero attached hydrogens (tertiary/aromatic N) is 17. The van der Waals surface area contributed by atoms with Crippen molar-refractivity contribution in [3.05, 3.63) is 306 Å². The largest absolute Gasteiger partial charge is 0.480 e. The molecular weight excluding hydrogens is 1660 g/mol. The van der Waals surface area contributed by atoms with E-state index in [0.717, 1.165) is 118 Å². The second-order valence-corrected chi connectivity index (χ2v) is 29.1. The van der Waals surface area contributed by atoms with E-state index in [1.807, 2.05) is 224 Å². The van der Waals surface area contributed by atoms with Gasteiger partial charge in [-0.15, -0.1) is 0 Å². The monoisotopic (exact) mass is 1770 g/mol. The zero-order valence-corrected chi connectivity index (χ0v) is 78.6. The molecule has 16 rings (SSSR count). The van der Waals surface area contributed by atoms with E-state index in [1.54, 1.807) is 112 Å². The molecule has 8 heterocycles. The van der Waals surface area contributed by atoms with Crippen LogP contribution in [0.4, 0.5) is 23.3 Å². The minimum Gasteiger partial charge on any atom is -0.480 e. The van der Waals surface area contributed by atoms with Gasteiger partial charge in [-0.3, -0.25) is 15.0 Å². The standard InChI is InChI=1S/C14H17N3O.2C13H15N3O.C13H14N2O2.2C13H14N2O.C12H13N3O.C12H12N2O/c1-10-7-5-6-8-11(10)12-9-15-13(17(2)3)14(16-12)18-4;1-9-6-4-5-7-10(9)11-8-15-12(14-2)13(16-11)17-3;1-3-17-13-12(14)15-8-11(16-13)10-7-5-4-6-9(10)2;1-9-6-4-5-7-10(9)11-8-14-12(16-2)13(15-11)17-3;1-9-6-4-5-7-11(9)12-8-14-10(2)13(15-12)16-3;1-3-16-13-9-14-8-12(15-13)11-7-5-4-6-10(11)2;1-8-5-3-4-6-9(8)10-7-14-11(13)12(15-10)16-2;1-9-5-3-4-6-10(9)11-7-13-8-12(14-11)15-2/h5-9H,1-4H3;4-8H,1-3H3,(H,14,15);4-8H,3H2,1-2H3,(H2,14,15);4-8H,1-3H3;4-8H,1-3H3;4-9H,3H2,1-2H3;3-7H,1-2H3,(H2,13,14);3-8H,1-2H3. The minimum atomic E-state index is 0.305. The van der Waals surface area contributed by atoms with Crippen molar-refractivity contribution >= 4 is 23.3 Å². The number of aryl methyl sites for hydroxylation is 9. The van der Waals surface area contributed by atoms with E-state index >= 15 is 0 Å². The Bertz CT molecular complexity index is 6200. The topological polar surface area (TPSA) is 357 Å². The van der Waals surface area contributed by atoms with Gasteiger partial charge in [0.2, 0.25) is 17.6 Å². The molecule has 29 nitrogen and oxygen atoms in total. The Balaban J connectivity index is 0.000000170. The number of methoxy groups -OCH3 is 7. The van der Waals surface area contributed by atoms with Crippen LogP contribution in [0.2, 0.25) is 0 Å². The summed E-state index contributed by atoms with van der Waals surface area (Å²) in [6.07, 6.45) is 17.0. The summed E-state index contributed by atoms with van der Waals surface area (Å²) < 4.78 is 46.6. The lowest BCUT2D eigenvalue weighted by atomic mass is 10.1. The van der Waals surface area contributed by atoms with Crippen LogP contribution in [0.1, 0.15) is 64.0 Å². The number of hydrogen-bond donors (Lipinski definition) is 3. The Hall–Kier alpha value is -16.2. The Morgan fingerprint density at radius 3 is 0.886 bits per heavy atom. The van der Waals surface area contributed by atoms with Crippen molar-refractivity contribution in [3.8, 4) is 143 Å². The fourth-order valence-corrected chi connectivity index (χ4v) is 12.8. The van der Waals surface area contributed by atoms with E-state index in [0.29, 0.717) is 83.6 Å². The molecule has 0 aliphatic carbocycles. The Morgan fingerprint density at radius 2 is 0.545 bits per heavy atom. The lowest BCUT2D eigenvalue weighted by Crippen LogP contribution is -2.13. The SMILES string of the molecule is CCOc1cncc(-c2ccccc2C)n1.CCOc1nc(-c2ccccc2C)cnc1N.CNc1ncc(-c2ccccc2C)nc1OC.COc1cncc(-c2ccccc2C)n1.COc1nc(-c2ccccc2C)cnc1C.COc1nc(-c2ccccc2C)cnc1N.COc1nc(-c2ccccc2C)cnc1N(C)C.COc1ncc(-c2ccccc2C)nc1OC. The molecule has 8 aromatic carbocycles. The number of benzene rings is 8. The second-order valence-electron chi connectivity index (χ2n) is 29.1. The number of nitrogens with one attached hydrogen (secondary N) is 1. The summed E-state index contributed by atoms with van der Waals surface area (Å²) in [5.41, 5.74) is 36.5. The molecule has 0 fully saturated rings. The van der Waals surface area contributed by atoms with Crippen LogP contribution < -0.4 is 64.3 Å². The lowest BCUT2D eigenvalue weighted by molar-refractivity contribution is 0.325. The summed E-state index contributed by atoms with van der Waals surface area (Å²) in [5.74, 6) is 6.30. The van der Waals surface area contributed by atoms with Gasteiger partial charge in [-0.1, -0.05) is 194 Å². The average molecular weight is 1780 g/mol. The van der Waals surface area contributed by atoms with E-state index in [4.69, 9.17) is 54.1 Å². The third kappa shape index (κ3) is 27.9. The molecule has 0 saturated carbocycles. The van der Waals surface area contributed by atoms with E-state index in [9.17, 15) is 0 Å². The summed E-state index contributed by atoms with van der Waals surface area (Å²) >= 11 is 0. The summed E-state index contributed by atoms with van der Waals surface area (Å²) in [6, 6.07) is 64.4. The van der Waals surface area contributed by atoms with Crippen molar-refractivity contribution in [1.82, 2.24) is 79.7 Å². The number of aromatic nitrogens is 16. The van der Waals surface area contributed by atoms with Gasteiger partial charge in [0, 0.05) is 65.7 Å². The van der Waals surface area contributed by atoms with Crippen molar-refractivity contribution in [2.75, 3.05) is 106 Å². The molecule has 0 amide bonds. The molecule has 8 aromatic heterocycles. The first kappa shape index (κ1) is 99.6. The Labute approximate surface area is 772 Å². The number of hydrogen-bond acceptors (Lipinski definition) is 29. The van der Waals surface area contributed by atoms with Crippen LogP contribution in [0.5, 0.6) is 52.9 Å². The highest BCUT2D eigenvalue weighted by Crippen LogP contribution is 2.34. The molecule has 680 valence electrons. The van der Waals surface area contributed by atoms with Crippen molar-refractivity contribution in [2.24, 2.45) is 0 Å². The molecule has 29 heteroatoms. The van der Waals surface area contributed by atoms with E-state index in [1.165, 1.54) is 34.9 Å².